The summed E-state index contributed by atoms with van der Waals surface area (Å²) in [5.41, 5.74) is 8.13. The monoisotopic (exact) mass is 267 g/mol. The Morgan fingerprint density at radius 2 is 2.06 bits per heavy atom. The zero-order chi connectivity index (χ0) is 13.5. The molecule has 8 heteroatoms. The van der Waals surface area contributed by atoms with E-state index in [1.165, 1.54) is 4.68 Å². The third kappa shape index (κ3) is 3.54. The summed E-state index contributed by atoms with van der Waals surface area (Å²) in [6.07, 6.45) is 3.51. The number of nitrogens with one attached hydrogen (secondary N) is 1. The van der Waals surface area contributed by atoms with Crippen molar-refractivity contribution in [2.24, 2.45) is 5.84 Å². The molecule has 0 aromatic carbocycles. The number of hydrazine groups is 1. The molecule has 0 aliphatic carbocycles. The normalized spacial score (nSPS) is 9.83. The van der Waals surface area contributed by atoms with E-state index in [2.05, 4.69) is 28.7 Å². The molecular formula is C10H17N7S. The van der Waals surface area contributed by atoms with Gasteiger partial charge in [-0.25, -0.2) is 10.5 Å². The molecule has 0 aliphatic rings. The SMILES string of the molecule is C=CCN(CC=C)c1nc(N)n(CC(=S)NN)n1. The molecule has 0 bridgehead atoms. The molecule has 18 heavy (non-hydrogen) atoms. The number of nitrogens with zero attached hydrogens (tertiary/aromatic N) is 4. The second kappa shape index (κ2) is 6.72. The van der Waals surface area contributed by atoms with Gasteiger partial charge in [-0.3, -0.25) is 0 Å². The number of hydrogen-bond acceptors (Lipinski definition) is 6. The Hall–Kier alpha value is -1.93. The molecule has 1 rings (SSSR count). The fourth-order valence-corrected chi connectivity index (χ4v) is 1.45. The van der Waals surface area contributed by atoms with E-state index in [0.29, 0.717) is 30.6 Å². The highest BCUT2D eigenvalue weighted by atomic mass is 32.1. The molecule has 0 amide bonds. The van der Waals surface area contributed by atoms with Crippen molar-refractivity contribution < 1.29 is 0 Å². The van der Waals surface area contributed by atoms with Crippen molar-refractivity contribution in [3.05, 3.63) is 25.3 Å². The van der Waals surface area contributed by atoms with Gasteiger partial charge in [-0.2, -0.15) is 4.98 Å². The fraction of sp³-hybridized carbons (Fsp3) is 0.300. The first-order valence-electron chi connectivity index (χ1n) is 5.28. The van der Waals surface area contributed by atoms with Crippen molar-refractivity contribution in [3.8, 4) is 0 Å². The molecule has 0 fully saturated rings. The molecule has 0 unspecified atom stereocenters. The van der Waals surface area contributed by atoms with Gasteiger partial charge in [0.1, 0.15) is 4.99 Å². The highest BCUT2D eigenvalue weighted by molar-refractivity contribution is 7.80. The summed E-state index contributed by atoms with van der Waals surface area (Å²) in [5.74, 6) is 5.99. The van der Waals surface area contributed by atoms with E-state index in [0.717, 1.165) is 0 Å². The fourth-order valence-electron chi connectivity index (χ4n) is 1.32. The average Bonchev–Trinajstić information content (AvgIpc) is 2.70. The van der Waals surface area contributed by atoms with Crippen LogP contribution in [-0.2, 0) is 6.54 Å². The molecule has 1 aromatic rings. The summed E-state index contributed by atoms with van der Waals surface area (Å²) in [6.45, 7) is 8.87. The van der Waals surface area contributed by atoms with Crippen molar-refractivity contribution in [1.29, 1.82) is 0 Å². The summed E-state index contributed by atoms with van der Waals surface area (Å²) in [6, 6.07) is 0. The molecule has 0 spiro atoms. The van der Waals surface area contributed by atoms with Crippen molar-refractivity contribution >= 4 is 29.1 Å². The summed E-state index contributed by atoms with van der Waals surface area (Å²) in [4.78, 5) is 6.48. The van der Waals surface area contributed by atoms with Crippen LogP contribution in [0.2, 0.25) is 0 Å². The predicted molar refractivity (Wildman–Crippen MR) is 77.0 cm³/mol. The van der Waals surface area contributed by atoms with Gasteiger partial charge in [0.05, 0.1) is 6.54 Å². The lowest BCUT2D eigenvalue weighted by Crippen LogP contribution is -2.32. The van der Waals surface area contributed by atoms with Crippen LogP contribution in [0.1, 0.15) is 0 Å². The Bertz CT molecular complexity index is 429. The van der Waals surface area contributed by atoms with Crippen molar-refractivity contribution in [1.82, 2.24) is 20.2 Å². The van der Waals surface area contributed by atoms with Gasteiger partial charge in [0.15, 0.2) is 0 Å². The van der Waals surface area contributed by atoms with Crippen LogP contribution < -0.4 is 21.9 Å². The van der Waals surface area contributed by atoms with Gasteiger partial charge in [0.25, 0.3) is 0 Å². The lowest BCUT2D eigenvalue weighted by atomic mass is 10.5. The Balaban J connectivity index is 2.89. The van der Waals surface area contributed by atoms with Gasteiger partial charge in [0, 0.05) is 13.1 Å². The Morgan fingerprint density at radius 1 is 1.44 bits per heavy atom. The van der Waals surface area contributed by atoms with E-state index in [1.54, 1.807) is 12.2 Å². The van der Waals surface area contributed by atoms with Crippen LogP contribution in [0.5, 0.6) is 0 Å². The first-order chi connectivity index (χ1) is 8.62. The second-order valence-corrected chi connectivity index (χ2v) is 3.97. The van der Waals surface area contributed by atoms with E-state index in [-0.39, 0.29) is 5.95 Å². The van der Waals surface area contributed by atoms with Gasteiger partial charge in [-0.05, 0) is 0 Å². The van der Waals surface area contributed by atoms with Crippen LogP contribution in [0.25, 0.3) is 0 Å². The zero-order valence-corrected chi connectivity index (χ0v) is 10.9. The van der Waals surface area contributed by atoms with Crippen LogP contribution in [0.3, 0.4) is 0 Å². The molecule has 0 aliphatic heterocycles. The maximum Gasteiger partial charge on any atom is 0.247 e. The maximum atomic E-state index is 5.76. The van der Waals surface area contributed by atoms with E-state index in [9.17, 15) is 0 Å². The van der Waals surface area contributed by atoms with Gasteiger partial charge < -0.3 is 16.1 Å². The molecule has 0 saturated heterocycles. The lowest BCUT2D eigenvalue weighted by molar-refractivity contribution is 0.715. The van der Waals surface area contributed by atoms with Crippen LogP contribution >= 0.6 is 12.2 Å². The smallest absolute Gasteiger partial charge is 0.247 e. The van der Waals surface area contributed by atoms with Gasteiger partial charge in [-0.1, -0.05) is 24.4 Å². The van der Waals surface area contributed by atoms with Crippen LogP contribution in [0.4, 0.5) is 11.9 Å². The standard InChI is InChI=1S/C10H17N7S/c1-3-5-16(6-4-2)10-13-9(11)17(15-10)7-8(18)14-12/h3-4H,1-2,5-7,12H2,(H,14,18)(H2,11,13,15). The number of nitrogens with two attached hydrogens (primary N) is 2. The minimum absolute atomic E-state index is 0.278. The average molecular weight is 267 g/mol. The third-order valence-electron chi connectivity index (χ3n) is 2.13. The van der Waals surface area contributed by atoms with Gasteiger partial charge in [-0.15, -0.1) is 18.3 Å². The summed E-state index contributed by atoms with van der Waals surface area (Å²) in [7, 11) is 0. The van der Waals surface area contributed by atoms with E-state index in [1.807, 2.05) is 4.90 Å². The molecular weight excluding hydrogens is 250 g/mol. The molecule has 1 aromatic heterocycles. The molecule has 7 nitrogen and oxygen atoms in total. The highest BCUT2D eigenvalue weighted by Crippen LogP contribution is 2.11. The van der Waals surface area contributed by atoms with Gasteiger partial charge >= 0.3 is 0 Å². The van der Waals surface area contributed by atoms with Crippen molar-refractivity contribution in [3.63, 3.8) is 0 Å². The predicted octanol–water partition coefficient (Wildman–Crippen LogP) is -0.171. The summed E-state index contributed by atoms with van der Waals surface area (Å²) in [5, 5.41) is 4.26. The summed E-state index contributed by atoms with van der Waals surface area (Å²) >= 11 is 4.95. The third-order valence-corrected chi connectivity index (χ3v) is 2.37. The number of aromatic nitrogens is 3. The first-order valence-corrected chi connectivity index (χ1v) is 5.69. The van der Waals surface area contributed by atoms with E-state index >= 15 is 0 Å². The molecule has 0 radical (unpaired) electrons. The number of anilines is 2. The van der Waals surface area contributed by atoms with Gasteiger partial charge in [0.2, 0.25) is 11.9 Å². The molecule has 0 atom stereocenters. The van der Waals surface area contributed by atoms with E-state index < -0.39 is 0 Å². The first kappa shape index (κ1) is 14.1. The van der Waals surface area contributed by atoms with Crippen LogP contribution in [0.15, 0.2) is 25.3 Å². The number of thiocarbonyl (C=S) groups is 1. The molecule has 1 heterocycles. The Morgan fingerprint density at radius 3 is 2.56 bits per heavy atom. The largest absolute Gasteiger partial charge is 0.368 e. The van der Waals surface area contributed by atoms with Crippen LogP contribution in [-0.4, -0.2) is 32.8 Å². The maximum absolute atomic E-state index is 5.76. The molecule has 0 saturated carbocycles. The second-order valence-electron chi connectivity index (χ2n) is 3.48. The lowest BCUT2D eigenvalue weighted by Gasteiger charge is -2.16. The van der Waals surface area contributed by atoms with Crippen LogP contribution in [0, 0.1) is 0 Å². The molecule has 5 N–H and O–H groups in total. The quantitative estimate of drug-likeness (QED) is 0.273. The Labute approximate surface area is 111 Å². The number of nitrogen functional groups attached to an aromatic ring is 1. The Kier molecular flexibility index (Phi) is 5.28. The number of rotatable bonds is 7. The molecule has 98 valence electrons. The zero-order valence-electron chi connectivity index (χ0n) is 10.0. The van der Waals surface area contributed by atoms with E-state index in [4.69, 9.17) is 23.8 Å². The highest BCUT2D eigenvalue weighted by Gasteiger charge is 2.13. The minimum atomic E-state index is 0.278. The minimum Gasteiger partial charge on any atom is -0.368 e. The van der Waals surface area contributed by atoms with Crippen molar-refractivity contribution in [2.75, 3.05) is 23.7 Å². The van der Waals surface area contributed by atoms with Crippen molar-refractivity contribution in [2.45, 2.75) is 6.54 Å². The topological polar surface area (TPSA) is 98.0 Å². The summed E-state index contributed by atoms with van der Waals surface area (Å²) < 4.78 is 1.48. The number of hydrogen-bond donors (Lipinski definition) is 3.